The van der Waals surface area contributed by atoms with Crippen molar-refractivity contribution < 1.29 is 9.53 Å². The summed E-state index contributed by atoms with van der Waals surface area (Å²) in [6.45, 7) is 4.31. The Kier molecular flexibility index (Phi) is 5.40. The van der Waals surface area contributed by atoms with E-state index >= 15 is 0 Å². The molecule has 0 bridgehead atoms. The Morgan fingerprint density at radius 1 is 1.19 bits per heavy atom. The number of para-hydroxylation sites is 1. The molecule has 0 aliphatic carbocycles. The van der Waals surface area contributed by atoms with E-state index in [-0.39, 0.29) is 12.4 Å². The van der Waals surface area contributed by atoms with E-state index in [2.05, 4.69) is 13.8 Å². The van der Waals surface area contributed by atoms with Gasteiger partial charge in [-0.2, -0.15) is 0 Å². The normalized spacial score (nSPS) is 12.0. The van der Waals surface area contributed by atoms with E-state index in [1.165, 1.54) is 0 Å². The third-order valence-corrected chi connectivity index (χ3v) is 3.80. The van der Waals surface area contributed by atoms with Crippen LogP contribution in [0.4, 0.5) is 0 Å². The van der Waals surface area contributed by atoms with Gasteiger partial charge in [-0.05, 0) is 36.1 Å². The third-order valence-electron chi connectivity index (χ3n) is 3.57. The summed E-state index contributed by atoms with van der Waals surface area (Å²) >= 11 is 5.90. The first-order valence-corrected chi connectivity index (χ1v) is 7.50. The first-order chi connectivity index (χ1) is 10.1. The molecule has 0 aromatic heterocycles. The molecular weight excluding hydrogens is 284 g/mol. The van der Waals surface area contributed by atoms with Crippen molar-refractivity contribution in [2.45, 2.75) is 26.2 Å². The van der Waals surface area contributed by atoms with Gasteiger partial charge in [0.05, 0.1) is 0 Å². The van der Waals surface area contributed by atoms with Crippen molar-refractivity contribution in [3.8, 4) is 5.75 Å². The predicted molar refractivity (Wildman–Crippen MR) is 86.4 cm³/mol. The molecule has 3 heteroatoms. The summed E-state index contributed by atoms with van der Waals surface area (Å²) in [6, 6.07) is 14.8. The summed E-state index contributed by atoms with van der Waals surface area (Å²) < 4.78 is 5.72. The second kappa shape index (κ2) is 7.28. The number of hydrogen-bond acceptors (Lipinski definition) is 2. The van der Waals surface area contributed by atoms with Crippen molar-refractivity contribution in [3.63, 3.8) is 0 Å². The van der Waals surface area contributed by atoms with Crippen LogP contribution in [0.5, 0.6) is 5.75 Å². The van der Waals surface area contributed by atoms with Crippen LogP contribution in [0.1, 0.15) is 42.1 Å². The monoisotopic (exact) mass is 302 g/mol. The minimum absolute atomic E-state index is 0.0216. The number of ketones is 1. The highest BCUT2D eigenvalue weighted by atomic mass is 35.5. The van der Waals surface area contributed by atoms with Gasteiger partial charge in [-0.25, -0.2) is 0 Å². The van der Waals surface area contributed by atoms with Gasteiger partial charge >= 0.3 is 0 Å². The number of ether oxygens (including phenoxy) is 1. The van der Waals surface area contributed by atoms with Crippen molar-refractivity contribution in [1.29, 1.82) is 0 Å². The summed E-state index contributed by atoms with van der Waals surface area (Å²) in [5.74, 6) is 1.11. The Balaban J connectivity index is 2.08. The fraction of sp³-hybridized carbons (Fsp3) is 0.278. The maximum absolute atomic E-state index is 12.1. The zero-order chi connectivity index (χ0) is 15.2. The molecule has 110 valence electrons. The second-order valence-corrected chi connectivity index (χ2v) is 5.51. The van der Waals surface area contributed by atoms with E-state index in [9.17, 15) is 4.79 Å². The Labute approximate surface area is 130 Å². The Morgan fingerprint density at radius 3 is 2.67 bits per heavy atom. The van der Waals surface area contributed by atoms with Crippen LogP contribution < -0.4 is 4.74 Å². The number of carbonyl (C=O) groups excluding carboxylic acids is 1. The predicted octanol–water partition coefficient (Wildman–Crippen LogP) is 5.12. The van der Waals surface area contributed by atoms with Crippen LogP contribution in [0.3, 0.4) is 0 Å². The van der Waals surface area contributed by atoms with Crippen molar-refractivity contribution >= 4 is 17.4 Å². The molecule has 0 aliphatic rings. The van der Waals surface area contributed by atoms with Gasteiger partial charge in [0.25, 0.3) is 0 Å². The fourth-order valence-corrected chi connectivity index (χ4v) is 2.32. The number of rotatable bonds is 6. The third kappa shape index (κ3) is 4.08. The molecule has 0 aliphatic heterocycles. The van der Waals surface area contributed by atoms with E-state index in [1.807, 2.05) is 24.3 Å². The molecule has 0 amide bonds. The minimum atomic E-state index is -0.0727. The van der Waals surface area contributed by atoms with E-state index in [0.717, 1.165) is 17.7 Å². The smallest absolute Gasteiger partial charge is 0.200 e. The molecule has 0 saturated carbocycles. The van der Waals surface area contributed by atoms with Gasteiger partial charge in [0.1, 0.15) is 5.75 Å². The lowest BCUT2D eigenvalue weighted by atomic mass is 9.98. The van der Waals surface area contributed by atoms with E-state index in [4.69, 9.17) is 16.3 Å². The Bertz CT molecular complexity index is 622. The maximum atomic E-state index is 12.1. The van der Waals surface area contributed by atoms with E-state index in [0.29, 0.717) is 16.5 Å². The molecule has 2 aromatic carbocycles. The van der Waals surface area contributed by atoms with Crippen LogP contribution in [-0.4, -0.2) is 12.4 Å². The lowest BCUT2D eigenvalue weighted by Crippen LogP contribution is -2.12. The van der Waals surface area contributed by atoms with Gasteiger partial charge in [-0.3, -0.25) is 4.79 Å². The highest BCUT2D eigenvalue weighted by Crippen LogP contribution is 2.28. The number of carbonyl (C=O) groups is 1. The van der Waals surface area contributed by atoms with Crippen LogP contribution in [0.2, 0.25) is 5.02 Å². The van der Waals surface area contributed by atoms with Gasteiger partial charge in [-0.1, -0.05) is 55.8 Å². The van der Waals surface area contributed by atoms with Crippen molar-refractivity contribution in [3.05, 3.63) is 64.7 Å². The molecule has 1 unspecified atom stereocenters. The average Bonchev–Trinajstić information content (AvgIpc) is 2.52. The molecular formula is C18H19ClO2. The maximum Gasteiger partial charge on any atom is 0.200 e. The standard InChI is InChI=1S/C18H19ClO2/c1-3-13(2)16-9-4-5-10-18(16)21-12-17(20)14-7-6-8-15(19)11-14/h4-11,13H,3,12H2,1-2H3. The lowest BCUT2D eigenvalue weighted by Gasteiger charge is -2.15. The van der Waals surface area contributed by atoms with Gasteiger partial charge in [-0.15, -0.1) is 0 Å². The number of halogens is 1. The molecule has 0 radical (unpaired) electrons. The number of hydrogen-bond donors (Lipinski definition) is 0. The molecule has 0 spiro atoms. The van der Waals surface area contributed by atoms with Crippen molar-refractivity contribution in [2.75, 3.05) is 6.61 Å². The van der Waals surface area contributed by atoms with Crippen LogP contribution in [0.15, 0.2) is 48.5 Å². The SMILES string of the molecule is CCC(C)c1ccccc1OCC(=O)c1cccc(Cl)c1. The largest absolute Gasteiger partial charge is 0.485 e. The van der Waals surface area contributed by atoms with Crippen LogP contribution in [0, 0.1) is 0 Å². The fourth-order valence-electron chi connectivity index (χ4n) is 2.13. The molecule has 2 aromatic rings. The molecule has 2 rings (SSSR count). The van der Waals surface area contributed by atoms with Crippen molar-refractivity contribution in [2.24, 2.45) is 0 Å². The molecule has 2 nitrogen and oxygen atoms in total. The van der Waals surface area contributed by atoms with Crippen LogP contribution in [0.25, 0.3) is 0 Å². The summed E-state index contributed by atoms with van der Waals surface area (Å²) in [6.07, 6.45) is 1.03. The van der Waals surface area contributed by atoms with Gasteiger partial charge in [0.2, 0.25) is 0 Å². The quantitative estimate of drug-likeness (QED) is 0.693. The zero-order valence-corrected chi connectivity index (χ0v) is 13.1. The first kappa shape index (κ1) is 15.6. The Hall–Kier alpha value is -1.80. The zero-order valence-electron chi connectivity index (χ0n) is 12.3. The second-order valence-electron chi connectivity index (χ2n) is 5.07. The van der Waals surface area contributed by atoms with Gasteiger partial charge in [0.15, 0.2) is 12.4 Å². The molecule has 21 heavy (non-hydrogen) atoms. The van der Waals surface area contributed by atoms with E-state index < -0.39 is 0 Å². The Morgan fingerprint density at radius 2 is 1.95 bits per heavy atom. The van der Waals surface area contributed by atoms with Gasteiger partial charge < -0.3 is 4.74 Å². The molecule has 1 atom stereocenters. The topological polar surface area (TPSA) is 26.3 Å². The molecule has 0 saturated heterocycles. The summed E-state index contributed by atoms with van der Waals surface area (Å²) in [4.78, 5) is 12.1. The highest BCUT2D eigenvalue weighted by Gasteiger charge is 2.12. The van der Waals surface area contributed by atoms with E-state index in [1.54, 1.807) is 24.3 Å². The minimum Gasteiger partial charge on any atom is -0.485 e. The first-order valence-electron chi connectivity index (χ1n) is 7.12. The van der Waals surface area contributed by atoms with Gasteiger partial charge in [0, 0.05) is 10.6 Å². The number of benzene rings is 2. The average molecular weight is 303 g/mol. The molecule has 0 N–H and O–H groups in total. The lowest BCUT2D eigenvalue weighted by molar-refractivity contribution is 0.0920. The van der Waals surface area contributed by atoms with Crippen LogP contribution >= 0.6 is 11.6 Å². The highest BCUT2D eigenvalue weighted by molar-refractivity contribution is 6.31. The molecule has 0 heterocycles. The van der Waals surface area contributed by atoms with Crippen LogP contribution in [-0.2, 0) is 0 Å². The summed E-state index contributed by atoms with van der Waals surface area (Å²) in [5, 5.41) is 0.556. The molecule has 0 fully saturated rings. The summed E-state index contributed by atoms with van der Waals surface area (Å²) in [7, 11) is 0. The summed E-state index contributed by atoms with van der Waals surface area (Å²) in [5.41, 5.74) is 1.71. The number of Topliss-reactive ketones (excluding diaryl/α,β-unsaturated/α-hetero) is 1. The van der Waals surface area contributed by atoms with Crippen molar-refractivity contribution in [1.82, 2.24) is 0 Å².